The molecule has 6 heteroatoms. The minimum absolute atomic E-state index is 0.221. The second kappa shape index (κ2) is 5.46. The molecule has 1 aromatic carbocycles. The first kappa shape index (κ1) is 13.0. The van der Waals surface area contributed by atoms with Crippen molar-refractivity contribution in [3.63, 3.8) is 0 Å². The molecular formula is C12H9BrClN3O. The summed E-state index contributed by atoms with van der Waals surface area (Å²) in [5.74, 6) is -0.319. The molecule has 2 rings (SSSR count). The maximum Gasteiger partial charge on any atom is 0.276 e. The molecule has 2 aromatic rings. The molecule has 1 aromatic heterocycles. The fraction of sp³-hybridized carbons (Fsp3) is 0.0833. The smallest absolute Gasteiger partial charge is 0.276 e. The van der Waals surface area contributed by atoms with Crippen molar-refractivity contribution < 1.29 is 4.79 Å². The van der Waals surface area contributed by atoms with Gasteiger partial charge in [-0.2, -0.15) is 0 Å². The third-order valence-corrected chi connectivity index (χ3v) is 3.01. The Morgan fingerprint density at radius 2 is 2.06 bits per heavy atom. The summed E-state index contributed by atoms with van der Waals surface area (Å²) in [6.45, 7) is 1.91. The standard InChI is InChI=1S/C12H9BrClN3O/c1-7-2-3-8(13)6-10(7)15-12(18)9-4-5-11(14)17-16-9/h2-6H,1H3,(H,15,18). The Hall–Kier alpha value is -1.46. The first-order chi connectivity index (χ1) is 8.56. The number of aromatic nitrogens is 2. The number of carbonyl (C=O) groups excluding carboxylic acids is 1. The normalized spacial score (nSPS) is 10.2. The lowest BCUT2D eigenvalue weighted by molar-refractivity contribution is 0.102. The van der Waals surface area contributed by atoms with Crippen LogP contribution in [0.1, 0.15) is 16.1 Å². The zero-order valence-electron chi connectivity index (χ0n) is 9.45. The topological polar surface area (TPSA) is 54.9 Å². The van der Waals surface area contributed by atoms with E-state index in [1.54, 1.807) is 0 Å². The molecule has 0 aliphatic rings. The lowest BCUT2D eigenvalue weighted by Gasteiger charge is -2.08. The number of aryl methyl sites for hydroxylation is 1. The highest BCUT2D eigenvalue weighted by Gasteiger charge is 2.10. The summed E-state index contributed by atoms with van der Waals surface area (Å²) >= 11 is 8.97. The summed E-state index contributed by atoms with van der Waals surface area (Å²) in [4.78, 5) is 11.9. The summed E-state index contributed by atoms with van der Waals surface area (Å²) in [6.07, 6.45) is 0. The van der Waals surface area contributed by atoms with E-state index in [0.29, 0.717) is 0 Å². The molecule has 18 heavy (non-hydrogen) atoms. The number of hydrogen-bond acceptors (Lipinski definition) is 3. The van der Waals surface area contributed by atoms with Crippen molar-refractivity contribution in [2.45, 2.75) is 6.92 Å². The zero-order valence-corrected chi connectivity index (χ0v) is 11.8. The lowest BCUT2D eigenvalue weighted by atomic mass is 10.2. The van der Waals surface area contributed by atoms with E-state index >= 15 is 0 Å². The molecule has 92 valence electrons. The number of rotatable bonds is 2. The summed E-state index contributed by atoms with van der Waals surface area (Å²) in [5.41, 5.74) is 1.92. The van der Waals surface area contributed by atoms with E-state index in [0.717, 1.165) is 15.7 Å². The van der Waals surface area contributed by atoms with Gasteiger partial charge in [-0.3, -0.25) is 4.79 Å². The van der Waals surface area contributed by atoms with E-state index in [1.807, 2.05) is 25.1 Å². The maximum absolute atomic E-state index is 11.9. The Balaban J connectivity index is 2.21. The molecule has 0 aliphatic carbocycles. The van der Waals surface area contributed by atoms with Gasteiger partial charge in [0.15, 0.2) is 10.8 Å². The van der Waals surface area contributed by atoms with Gasteiger partial charge in [-0.1, -0.05) is 33.6 Å². The molecule has 0 saturated carbocycles. The van der Waals surface area contributed by atoms with Gasteiger partial charge in [-0.15, -0.1) is 10.2 Å². The van der Waals surface area contributed by atoms with Crippen LogP contribution in [0.25, 0.3) is 0 Å². The Kier molecular flexibility index (Phi) is 3.93. The average molecular weight is 327 g/mol. The van der Waals surface area contributed by atoms with Crippen LogP contribution in [0.15, 0.2) is 34.8 Å². The number of anilines is 1. The largest absolute Gasteiger partial charge is 0.320 e. The Bertz CT molecular complexity index is 586. The van der Waals surface area contributed by atoms with Crippen molar-refractivity contribution in [2.24, 2.45) is 0 Å². The Labute approximate surface area is 118 Å². The van der Waals surface area contributed by atoms with Gasteiger partial charge in [-0.25, -0.2) is 0 Å². The molecule has 0 aliphatic heterocycles. The van der Waals surface area contributed by atoms with Crippen molar-refractivity contribution >= 4 is 39.1 Å². The predicted molar refractivity (Wildman–Crippen MR) is 73.9 cm³/mol. The second-order valence-electron chi connectivity index (χ2n) is 3.65. The molecule has 1 heterocycles. The molecule has 0 unspecified atom stereocenters. The van der Waals surface area contributed by atoms with Gasteiger partial charge < -0.3 is 5.32 Å². The van der Waals surface area contributed by atoms with Crippen molar-refractivity contribution in [3.8, 4) is 0 Å². The van der Waals surface area contributed by atoms with Crippen molar-refractivity contribution in [2.75, 3.05) is 5.32 Å². The van der Waals surface area contributed by atoms with E-state index in [4.69, 9.17) is 11.6 Å². The fourth-order valence-corrected chi connectivity index (χ4v) is 1.81. The second-order valence-corrected chi connectivity index (χ2v) is 4.96. The van der Waals surface area contributed by atoms with Crippen LogP contribution in [0.3, 0.4) is 0 Å². The molecule has 0 atom stereocenters. The van der Waals surface area contributed by atoms with E-state index < -0.39 is 0 Å². The molecule has 0 radical (unpaired) electrons. The first-order valence-electron chi connectivity index (χ1n) is 5.13. The highest BCUT2D eigenvalue weighted by Crippen LogP contribution is 2.21. The number of carbonyl (C=O) groups is 1. The SMILES string of the molecule is Cc1ccc(Br)cc1NC(=O)c1ccc(Cl)nn1. The molecule has 1 N–H and O–H groups in total. The highest BCUT2D eigenvalue weighted by molar-refractivity contribution is 9.10. The number of halogens is 2. The number of benzene rings is 1. The van der Waals surface area contributed by atoms with Gasteiger partial charge in [0.05, 0.1) is 0 Å². The third-order valence-electron chi connectivity index (χ3n) is 2.31. The third kappa shape index (κ3) is 3.05. The molecule has 0 spiro atoms. The van der Waals surface area contributed by atoms with E-state index in [1.165, 1.54) is 12.1 Å². The number of nitrogens with zero attached hydrogens (tertiary/aromatic N) is 2. The average Bonchev–Trinajstić information content (AvgIpc) is 2.34. The molecule has 0 saturated heterocycles. The number of hydrogen-bond donors (Lipinski definition) is 1. The van der Waals surface area contributed by atoms with Crippen LogP contribution < -0.4 is 5.32 Å². The van der Waals surface area contributed by atoms with Gasteiger partial charge in [0.1, 0.15) is 0 Å². The minimum atomic E-state index is -0.319. The van der Waals surface area contributed by atoms with Crippen LogP contribution in [0.2, 0.25) is 5.15 Å². The van der Waals surface area contributed by atoms with Crippen LogP contribution >= 0.6 is 27.5 Å². The van der Waals surface area contributed by atoms with Crippen LogP contribution in [0.5, 0.6) is 0 Å². The first-order valence-corrected chi connectivity index (χ1v) is 6.30. The van der Waals surface area contributed by atoms with Crippen molar-refractivity contribution in [1.82, 2.24) is 10.2 Å². The molecule has 0 fully saturated rings. The van der Waals surface area contributed by atoms with Crippen LogP contribution in [-0.2, 0) is 0 Å². The van der Waals surface area contributed by atoms with Gasteiger partial charge in [-0.05, 0) is 36.8 Å². The monoisotopic (exact) mass is 325 g/mol. The van der Waals surface area contributed by atoms with Crippen molar-refractivity contribution in [3.05, 3.63) is 51.2 Å². The highest BCUT2D eigenvalue weighted by atomic mass is 79.9. The molecule has 0 bridgehead atoms. The van der Waals surface area contributed by atoms with Gasteiger partial charge in [0.25, 0.3) is 5.91 Å². The van der Waals surface area contributed by atoms with Gasteiger partial charge in [0, 0.05) is 10.2 Å². The van der Waals surface area contributed by atoms with E-state index in [-0.39, 0.29) is 16.8 Å². The number of amides is 1. The summed E-state index contributed by atoms with van der Waals surface area (Å²) in [7, 11) is 0. The predicted octanol–water partition coefficient (Wildman–Crippen LogP) is 3.45. The molecule has 4 nitrogen and oxygen atoms in total. The zero-order chi connectivity index (χ0) is 13.1. The van der Waals surface area contributed by atoms with Crippen LogP contribution in [-0.4, -0.2) is 16.1 Å². The van der Waals surface area contributed by atoms with Crippen LogP contribution in [0, 0.1) is 6.92 Å². The summed E-state index contributed by atoms with van der Waals surface area (Å²) in [5, 5.41) is 10.4. The fourth-order valence-electron chi connectivity index (χ4n) is 1.35. The summed E-state index contributed by atoms with van der Waals surface area (Å²) in [6, 6.07) is 8.70. The summed E-state index contributed by atoms with van der Waals surface area (Å²) < 4.78 is 0.894. The van der Waals surface area contributed by atoms with Gasteiger partial charge in [0.2, 0.25) is 0 Å². The van der Waals surface area contributed by atoms with Gasteiger partial charge >= 0.3 is 0 Å². The minimum Gasteiger partial charge on any atom is -0.320 e. The van der Waals surface area contributed by atoms with E-state index in [2.05, 4.69) is 31.4 Å². The number of nitrogens with one attached hydrogen (secondary N) is 1. The van der Waals surface area contributed by atoms with E-state index in [9.17, 15) is 4.79 Å². The van der Waals surface area contributed by atoms with Crippen molar-refractivity contribution in [1.29, 1.82) is 0 Å². The quantitative estimate of drug-likeness (QED) is 0.919. The molecular weight excluding hydrogens is 318 g/mol. The van der Waals surface area contributed by atoms with Crippen LogP contribution in [0.4, 0.5) is 5.69 Å². The Morgan fingerprint density at radius 1 is 1.28 bits per heavy atom. The maximum atomic E-state index is 11.9. The lowest BCUT2D eigenvalue weighted by Crippen LogP contribution is -2.14. The Morgan fingerprint density at radius 3 is 2.72 bits per heavy atom. The molecule has 1 amide bonds.